The third kappa shape index (κ3) is 3.85. The van der Waals surface area contributed by atoms with Gasteiger partial charge in [-0.1, -0.05) is 39.7 Å². The molecule has 2 atom stereocenters. The Morgan fingerprint density at radius 3 is 2.57 bits per heavy atom. The number of carbonyl (C=O) groups excluding carboxylic acids is 1. The molecule has 1 fully saturated rings. The number of hydrogen-bond acceptors (Lipinski definition) is 1. The molecule has 1 N–H and O–H groups in total. The highest BCUT2D eigenvalue weighted by Crippen LogP contribution is 2.38. The van der Waals surface area contributed by atoms with Crippen LogP contribution in [0.15, 0.2) is 22.7 Å². The van der Waals surface area contributed by atoms with Crippen LogP contribution in [0.1, 0.15) is 56.8 Å². The Hall–Kier alpha value is -0.900. The lowest BCUT2D eigenvalue weighted by atomic mass is 9.69. The lowest BCUT2D eigenvalue weighted by molar-refractivity contribution is 0.0825. The quantitative estimate of drug-likeness (QED) is 0.800. The van der Waals surface area contributed by atoms with E-state index in [9.17, 15) is 9.18 Å². The molecule has 0 heterocycles. The maximum atomic E-state index is 13.9. The fourth-order valence-corrected chi connectivity index (χ4v) is 3.82. The van der Waals surface area contributed by atoms with Gasteiger partial charge in [0.1, 0.15) is 5.82 Å². The van der Waals surface area contributed by atoms with Crippen LogP contribution in [0.3, 0.4) is 0 Å². The lowest BCUT2D eigenvalue weighted by Gasteiger charge is -2.40. The Balaban J connectivity index is 2.18. The Kier molecular flexibility index (Phi) is 5.07. The molecule has 0 radical (unpaired) electrons. The van der Waals surface area contributed by atoms with Crippen LogP contribution >= 0.6 is 15.9 Å². The highest BCUT2D eigenvalue weighted by Gasteiger charge is 2.35. The van der Waals surface area contributed by atoms with Gasteiger partial charge in [-0.15, -0.1) is 0 Å². The molecule has 0 spiro atoms. The zero-order valence-corrected chi connectivity index (χ0v) is 14.5. The Bertz CT molecular complexity index is 504. The van der Waals surface area contributed by atoms with E-state index in [1.807, 2.05) is 0 Å². The summed E-state index contributed by atoms with van der Waals surface area (Å²) in [7, 11) is 0. The number of benzene rings is 1. The van der Waals surface area contributed by atoms with Crippen molar-refractivity contribution >= 4 is 21.8 Å². The second-order valence-electron chi connectivity index (χ2n) is 6.93. The average Bonchev–Trinajstić information content (AvgIpc) is 2.37. The van der Waals surface area contributed by atoms with Crippen molar-refractivity contribution < 1.29 is 9.18 Å². The number of hydrogen-bond donors (Lipinski definition) is 1. The molecule has 116 valence electrons. The first-order valence-corrected chi connectivity index (χ1v) is 8.35. The zero-order valence-electron chi connectivity index (χ0n) is 12.9. The summed E-state index contributed by atoms with van der Waals surface area (Å²) in [4.78, 5) is 12.4. The van der Waals surface area contributed by atoms with E-state index in [1.165, 1.54) is 12.5 Å². The van der Waals surface area contributed by atoms with Gasteiger partial charge in [-0.05, 0) is 52.2 Å². The SMILES string of the molecule is CC(C)(C)C1CCCCC1NC(=O)c1c(F)cccc1Br. The molecule has 1 aliphatic carbocycles. The molecule has 1 amide bonds. The first-order chi connectivity index (χ1) is 9.80. The van der Waals surface area contributed by atoms with Crippen molar-refractivity contribution in [2.75, 3.05) is 0 Å². The van der Waals surface area contributed by atoms with Gasteiger partial charge >= 0.3 is 0 Å². The highest BCUT2D eigenvalue weighted by molar-refractivity contribution is 9.10. The smallest absolute Gasteiger partial charge is 0.255 e. The molecule has 1 aliphatic rings. The van der Waals surface area contributed by atoms with Gasteiger partial charge in [-0.25, -0.2) is 4.39 Å². The van der Waals surface area contributed by atoms with E-state index in [2.05, 4.69) is 42.0 Å². The number of nitrogens with one attached hydrogen (secondary N) is 1. The Morgan fingerprint density at radius 2 is 1.95 bits per heavy atom. The van der Waals surface area contributed by atoms with Gasteiger partial charge in [0.05, 0.1) is 5.56 Å². The molecule has 0 aliphatic heterocycles. The second kappa shape index (κ2) is 6.47. The summed E-state index contributed by atoms with van der Waals surface area (Å²) in [5.41, 5.74) is 0.251. The van der Waals surface area contributed by atoms with Crippen LogP contribution in [0.25, 0.3) is 0 Å². The summed E-state index contributed by atoms with van der Waals surface area (Å²) >= 11 is 3.27. The Labute approximate surface area is 134 Å². The van der Waals surface area contributed by atoms with Gasteiger partial charge in [0.15, 0.2) is 0 Å². The van der Waals surface area contributed by atoms with Crippen LogP contribution in [0.5, 0.6) is 0 Å². The van der Waals surface area contributed by atoms with E-state index in [0.717, 1.165) is 19.3 Å². The number of amides is 1. The third-order valence-corrected chi connectivity index (χ3v) is 5.05. The minimum absolute atomic E-state index is 0.107. The molecule has 0 aromatic heterocycles. The van der Waals surface area contributed by atoms with Crippen molar-refractivity contribution in [3.8, 4) is 0 Å². The summed E-state index contributed by atoms with van der Waals surface area (Å²) < 4.78 is 14.4. The van der Waals surface area contributed by atoms with Gasteiger partial charge in [-0.3, -0.25) is 4.79 Å². The third-order valence-electron chi connectivity index (χ3n) is 4.38. The van der Waals surface area contributed by atoms with Gasteiger partial charge < -0.3 is 5.32 Å². The minimum Gasteiger partial charge on any atom is -0.349 e. The zero-order chi connectivity index (χ0) is 15.6. The molecular weight excluding hydrogens is 333 g/mol. The van der Waals surface area contributed by atoms with Gasteiger partial charge in [-0.2, -0.15) is 0 Å². The fourth-order valence-electron chi connectivity index (χ4n) is 3.30. The molecule has 1 saturated carbocycles. The van der Waals surface area contributed by atoms with Crippen LogP contribution in [-0.4, -0.2) is 11.9 Å². The average molecular weight is 356 g/mol. The molecule has 2 unspecified atom stereocenters. The van der Waals surface area contributed by atoms with E-state index in [0.29, 0.717) is 10.4 Å². The normalized spacial score (nSPS) is 22.9. The van der Waals surface area contributed by atoms with Gasteiger partial charge in [0.2, 0.25) is 0 Å². The topological polar surface area (TPSA) is 29.1 Å². The molecule has 2 nitrogen and oxygen atoms in total. The van der Waals surface area contributed by atoms with Crippen molar-refractivity contribution in [2.45, 2.75) is 52.5 Å². The predicted molar refractivity (Wildman–Crippen MR) is 86.8 cm³/mol. The predicted octanol–water partition coefficient (Wildman–Crippen LogP) is 4.92. The molecule has 0 bridgehead atoms. The van der Waals surface area contributed by atoms with Crippen LogP contribution < -0.4 is 5.32 Å². The summed E-state index contributed by atoms with van der Waals surface area (Å²) in [5.74, 6) is -0.369. The monoisotopic (exact) mass is 355 g/mol. The first kappa shape index (κ1) is 16.5. The number of carbonyl (C=O) groups is 1. The largest absolute Gasteiger partial charge is 0.349 e. The van der Waals surface area contributed by atoms with E-state index < -0.39 is 5.82 Å². The molecule has 21 heavy (non-hydrogen) atoms. The van der Waals surface area contributed by atoms with E-state index >= 15 is 0 Å². The maximum absolute atomic E-state index is 13.9. The summed E-state index contributed by atoms with van der Waals surface area (Å²) in [6, 6.07) is 4.73. The van der Waals surface area contributed by atoms with Crippen LogP contribution in [-0.2, 0) is 0 Å². The van der Waals surface area contributed by atoms with E-state index in [1.54, 1.807) is 12.1 Å². The standard InChI is InChI=1S/C17H23BrFNO/c1-17(2,3)11-7-4-5-10-14(11)20-16(21)15-12(18)8-6-9-13(15)19/h6,8-9,11,14H,4-5,7,10H2,1-3H3,(H,20,21). The molecule has 4 heteroatoms. The van der Waals surface area contributed by atoms with Crippen molar-refractivity contribution in [3.63, 3.8) is 0 Å². The minimum atomic E-state index is -0.481. The van der Waals surface area contributed by atoms with Crippen LogP contribution in [0.4, 0.5) is 4.39 Å². The molecule has 0 saturated heterocycles. The lowest BCUT2D eigenvalue weighted by Crippen LogP contribution is -2.46. The molecule has 1 aromatic carbocycles. The van der Waals surface area contributed by atoms with Gasteiger partial charge in [0.25, 0.3) is 5.91 Å². The van der Waals surface area contributed by atoms with Crippen molar-refractivity contribution in [3.05, 3.63) is 34.1 Å². The first-order valence-electron chi connectivity index (χ1n) is 7.55. The molecule has 2 rings (SSSR count). The highest BCUT2D eigenvalue weighted by atomic mass is 79.9. The fraction of sp³-hybridized carbons (Fsp3) is 0.588. The summed E-state index contributed by atoms with van der Waals surface area (Å²) in [6.45, 7) is 6.63. The van der Waals surface area contributed by atoms with Gasteiger partial charge in [0, 0.05) is 10.5 Å². The van der Waals surface area contributed by atoms with Crippen LogP contribution in [0.2, 0.25) is 0 Å². The van der Waals surface area contributed by atoms with Crippen LogP contribution in [0, 0.1) is 17.2 Å². The molecular formula is C17H23BrFNO. The van der Waals surface area contributed by atoms with Crippen molar-refractivity contribution in [2.24, 2.45) is 11.3 Å². The van der Waals surface area contributed by atoms with E-state index in [-0.39, 0.29) is 22.9 Å². The summed E-state index contributed by atoms with van der Waals surface area (Å²) in [6.07, 6.45) is 4.42. The van der Waals surface area contributed by atoms with E-state index in [4.69, 9.17) is 0 Å². The molecule has 1 aromatic rings. The van der Waals surface area contributed by atoms with Crippen molar-refractivity contribution in [1.29, 1.82) is 0 Å². The maximum Gasteiger partial charge on any atom is 0.255 e. The number of rotatable bonds is 2. The van der Waals surface area contributed by atoms with Crippen molar-refractivity contribution in [1.82, 2.24) is 5.32 Å². The Morgan fingerprint density at radius 1 is 1.29 bits per heavy atom. The second-order valence-corrected chi connectivity index (χ2v) is 7.79. The number of halogens is 2. The summed E-state index contributed by atoms with van der Waals surface area (Å²) in [5, 5.41) is 3.06.